The molecule has 0 atom stereocenters. The van der Waals surface area contributed by atoms with Gasteiger partial charge in [0.05, 0.1) is 40.2 Å². The average Bonchev–Trinajstić information content (AvgIpc) is 3.35. The van der Waals surface area contributed by atoms with E-state index in [-0.39, 0.29) is 17.3 Å². The van der Waals surface area contributed by atoms with Crippen LogP contribution in [0.1, 0.15) is 21.5 Å². The summed E-state index contributed by atoms with van der Waals surface area (Å²) in [5.74, 6) is -0.811. The quantitative estimate of drug-likeness (QED) is 0.192. The Morgan fingerprint density at radius 2 is 1.49 bits per heavy atom. The molecule has 4 aromatic rings. The van der Waals surface area contributed by atoms with Gasteiger partial charge in [-0.1, -0.05) is 54.6 Å². The molecule has 5 rings (SSSR count). The third-order valence-electron chi connectivity index (χ3n) is 7.00. The molecule has 1 aliphatic heterocycles. The van der Waals surface area contributed by atoms with Crippen molar-refractivity contribution in [3.8, 4) is 0 Å². The lowest BCUT2D eigenvalue weighted by Gasteiger charge is -2.26. The molecule has 4 aromatic carbocycles. The summed E-state index contributed by atoms with van der Waals surface area (Å²) < 4.78 is 33.5. The van der Waals surface area contributed by atoms with Crippen LogP contribution in [0.15, 0.2) is 108 Å². The molecule has 43 heavy (non-hydrogen) atoms. The predicted octanol–water partition coefficient (Wildman–Crippen LogP) is 5.16. The van der Waals surface area contributed by atoms with Crippen molar-refractivity contribution in [2.24, 2.45) is 0 Å². The summed E-state index contributed by atoms with van der Waals surface area (Å²) in [6.45, 7) is 0.795. The third kappa shape index (κ3) is 6.30. The standard InChI is InChI=1S/C33H32N4O5S/c1-36(2)20-21-37(43(40,41)27-12-8-5-9-13-27)26-17-15-25(16-18-26)34-31(23-10-6-4-7-11-23)30-28-19-14-24(33(39)42-3)22-29(28)35-32(30)38/h4-19,22,34H,20-21H2,1-3H3,(H,35,38). The minimum absolute atomic E-state index is 0.216. The van der Waals surface area contributed by atoms with Crippen LogP contribution in [0.3, 0.4) is 0 Å². The lowest BCUT2D eigenvalue weighted by Crippen LogP contribution is -2.36. The molecule has 0 fully saturated rings. The number of carbonyl (C=O) groups excluding carboxylic acids is 2. The number of sulfonamides is 1. The number of likely N-dealkylation sites (N-methyl/N-ethyl adjacent to an activating group) is 1. The van der Waals surface area contributed by atoms with E-state index in [1.807, 2.05) is 49.3 Å². The highest BCUT2D eigenvalue weighted by Gasteiger charge is 2.30. The predicted molar refractivity (Wildman–Crippen MR) is 169 cm³/mol. The Balaban J connectivity index is 1.53. The Morgan fingerprint density at radius 3 is 2.12 bits per heavy atom. The first-order valence-corrected chi connectivity index (χ1v) is 15.1. The number of rotatable bonds is 10. The number of carbonyl (C=O) groups is 2. The molecule has 0 unspecified atom stereocenters. The highest BCUT2D eigenvalue weighted by atomic mass is 32.2. The van der Waals surface area contributed by atoms with E-state index in [1.165, 1.54) is 11.4 Å². The number of anilines is 3. The maximum Gasteiger partial charge on any atom is 0.337 e. The molecule has 9 nitrogen and oxygen atoms in total. The number of benzene rings is 4. The van der Waals surface area contributed by atoms with Gasteiger partial charge in [-0.2, -0.15) is 0 Å². The SMILES string of the molecule is COC(=O)c1ccc2c(c1)NC(=O)C2=C(Nc1ccc(N(CCN(C)C)S(=O)(=O)c2ccccc2)cc1)c1ccccc1. The highest BCUT2D eigenvalue weighted by molar-refractivity contribution is 7.92. The zero-order valence-corrected chi connectivity index (χ0v) is 24.9. The molecule has 10 heteroatoms. The van der Waals surface area contributed by atoms with Gasteiger partial charge in [-0.25, -0.2) is 13.2 Å². The smallest absolute Gasteiger partial charge is 0.337 e. The normalized spacial score (nSPS) is 13.7. The molecule has 1 aliphatic rings. The first-order valence-electron chi connectivity index (χ1n) is 13.6. The van der Waals surface area contributed by atoms with Gasteiger partial charge in [-0.3, -0.25) is 9.10 Å². The van der Waals surface area contributed by atoms with Crippen LogP contribution in [-0.4, -0.2) is 59.5 Å². The molecule has 0 aromatic heterocycles. The molecule has 0 saturated carbocycles. The van der Waals surface area contributed by atoms with E-state index in [0.29, 0.717) is 46.0 Å². The van der Waals surface area contributed by atoms with Gasteiger partial charge >= 0.3 is 5.97 Å². The zero-order chi connectivity index (χ0) is 30.6. The molecule has 0 radical (unpaired) electrons. The van der Waals surface area contributed by atoms with Crippen molar-refractivity contribution in [1.82, 2.24) is 4.90 Å². The fourth-order valence-electron chi connectivity index (χ4n) is 4.80. The lowest BCUT2D eigenvalue weighted by atomic mass is 9.99. The molecule has 1 heterocycles. The average molecular weight is 597 g/mol. The summed E-state index contributed by atoms with van der Waals surface area (Å²) in [4.78, 5) is 27.5. The highest BCUT2D eigenvalue weighted by Crippen LogP contribution is 2.38. The first-order chi connectivity index (χ1) is 20.7. The fraction of sp³-hybridized carbons (Fsp3) is 0.152. The second kappa shape index (κ2) is 12.5. The first kappa shape index (κ1) is 29.6. The number of nitrogens with zero attached hydrogens (tertiary/aromatic N) is 2. The fourth-order valence-corrected chi connectivity index (χ4v) is 6.28. The van der Waals surface area contributed by atoms with Crippen molar-refractivity contribution in [3.05, 3.63) is 120 Å². The van der Waals surface area contributed by atoms with Crippen molar-refractivity contribution in [1.29, 1.82) is 0 Å². The largest absolute Gasteiger partial charge is 0.465 e. The van der Waals surface area contributed by atoms with E-state index >= 15 is 0 Å². The Labute approximate surface area is 251 Å². The minimum atomic E-state index is -3.80. The van der Waals surface area contributed by atoms with Gasteiger partial charge in [0, 0.05) is 24.3 Å². The van der Waals surface area contributed by atoms with E-state index in [2.05, 4.69) is 10.6 Å². The topological polar surface area (TPSA) is 108 Å². The van der Waals surface area contributed by atoms with Crippen molar-refractivity contribution in [3.63, 3.8) is 0 Å². The number of esters is 1. The third-order valence-corrected chi connectivity index (χ3v) is 8.85. The number of hydrogen-bond donors (Lipinski definition) is 2. The Morgan fingerprint density at radius 1 is 0.837 bits per heavy atom. The molecule has 1 amide bonds. The van der Waals surface area contributed by atoms with Gasteiger partial charge in [0.1, 0.15) is 0 Å². The van der Waals surface area contributed by atoms with E-state index in [4.69, 9.17) is 4.74 Å². The van der Waals surface area contributed by atoms with Crippen molar-refractivity contribution < 1.29 is 22.7 Å². The van der Waals surface area contributed by atoms with Crippen molar-refractivity contribution in [2.75, 3.05) is 49.2 Å². The van der Waals surface area contributed by atoms with Crippen molar-refractivity contribution in [2.45, 2.75) is 4.90 Å². The summed E-state index contributed by atoms with van der Waals surface area (Å²) in [6.07, 6.45) is 0. The summed E-state index contributed by atoms with van der Waals surface area (Å²) in [6, 6.07) is 29.8. The Hall–Kier alpha value is -4.93. The van der Waals surface area contributed by atoms with Gasteiger partial charge in [-0.05, 0) is 68.2 Å². The maximum atomic E-state index is 13.6. The lowest BCUT2D eigenvalue weighted by molar-refractivity contribution is -0.110. The van der Waals surface area contributed by atoms with Crippen LogP contribution >= 0.6 is 0 Å². The number of nitrogens with one attached hydrogen (secondary N) is 2. The molecule has 0 aliphatic carbocycles. The van der Waals surface area contributed by atoms with E-state index in [0.717, 1.165) is 5.56 Å². The molecular formula is C33H32N4O5S. The number of fused-ring (bicyclic) bond motifs is 1. The summed E-state index contributed by atoms with van der Waals surface area (Å²) in [7, 11) is 1.29. The molecule has 220 valence electrons. The Kier molecular flexibility index (Phi) is 8.61. The number of amides is 1. The van der Waals surface area contributed by atoms with E-state index in [1.54, 1.807) is 72.8 Å². The van der Waals surface area contributed by atoms with Crippen LogP contribution in [0.5, 0.6) is 0 Å². The van der Waals surface area contributed by atoms with E-state index in [9.17, 15) is 18.0 Å². The monoisotopic (exact) mass is 596 g/mol. The van der Waals surface area contributed by atoms with Crippen LogP contribution in [0.4, 0.5) is 17.1 Å². The second-order valence-electron chi connectivity index (χ2n) is 10.2. The molecule has 0 spiro atoms. The summed E-state index contributed by atoms with van der Waals surface area (Å²) >= 11 is 0. The summed E-state index contributed by atoms with van der Waals surface area (Å²) in [5.41, 5.74) is 4.42. The number of methoxy groups -OCH3 is 1. The second-order valence-corrected chi connectivity index (χ2v) is 12.0. The van der Waals surface area contributed by atoms with Gasteiger partial charge in [0.25, 0.3) is 15.9 Å². The molecule has 2 N–H and O–H groups in total. The maximum absolute atomic E-state index is 13.6. The van der Waals surface area contributed by atoms with Gasteiger partial charge in [0.15, 0.2) is 0 Å². The van der Waals surface area contributed by atoms with Gasteiger partial charge < -0.3 is 20.3 Å². The molecule has 0 bridgehead atoms. The van der Waals surface area contributed by atoms with Crippen LogP contribution in [0.25, 0.3) is 11.3 Å². The zero-order valence-electron chi connectivity index (χ0n) is 24.1. The minimum Gasteiger partial charge on any atom is -0.465 e. The van der Waals surface area contributed by atoms with Crippen LogP contribution in [-0.2, 0) is 19.6 Å². The van der Waals surface area contributed by atoms with Crippen molar-refractivity contribution >= 4 is 50.2 Å². The van der Waals surface area contributed by atoms with Crippen LogP contribution in [0, 0.1) is 0 Å². The molecular weight excluding hydrogens is 564 g/mol. The van der Waals surface area contributed by atoms with Gasteiger partial charge in [-0.15, -0.1) is 0 Å². The Bertz CT molecular complexity index is 1770. The van der Waals surface area contributed by atoms with Crippen LogP contribution in [0.2, 0.25) is 0 Å². The van der Waals surface area contributed by atoms with E-state index < -0.39 is 16.0 Å². The number of hydrogen-bond acceptors (Lipinski definition) is 7. The number of ether oxygens (including phenoxy) is 1. The summed E-state index contributed by atoms with van der Waals surface area (Å²) in [5, 5.41) is 6.26. The molecule has 0 saturated heterocycles. The van der Waals surface area contributed by atoms with Crippen LogP contribution < -0.4 is 14.9 Å². The van der Waals surface area contributed by atoms with Gasteiger partial charge in [0.2, 0.25) is 0 Å².